The fourth-order valence-corrected chi connectivity index (χ4v) is 2.99. The lowest BCUT2D eigenvalue weighted by Crippen LogP contribution is -2.34. The topological polar surface area (TPSA) is 38.8 Å². The van der Waals surface area contributed by atoms with Gasteiger partial charge in [-0.25, -0.2) is 4.79 Å². The lowest BCUT2D eigenvalue weighted by molar-refractivity contribution is -0.155. The van der Waals surface area contributed by atoms with Crippen molar-refractivity contribution < 1.29 is 14.3 Å². The van der Waals surface area contributed by atoms with Crippen molar-refractivity contribution in [3.05, 3.63) is 0 Å². The first-order valence-corrected chi connectivity index (χ1v) is 6.20. The molecule has 84 valence electrons. The highest BCUT2D eigenvalue weighted by molar-refractivity contribution is 5.83. The molecule has 2 aliphatic carbocycles. The monoisotopic (exact) mass is 210 g/mol. The Morgan fingerprint density at radius 2 is 1.87 bits per heavy atom. The molecule has 3 nitrogen and oxygen atoms in total. The Balaban J connectivity index is 1.60. The highest BCUT2D eigenvalue weighted by Crippen LogP contribution is 2.49. The quantitative estimate of drug-likeness (QED) is 0.518. The summed E-state index contributed by atoms with van der Waals surface area (Å²) in [6, 6.07) is 0. The molecule has 0 amide bonds. The van der Waals surface area contributed by atoms with Crippen LogP contribution >= 0.6 is 0 Å². The molecule has 0 aromatic rings. The van der Waals surface area contributed by atoms with Gasteiger partial charge in [-0.1, -0.05) is 6.42 Å². The minimum Gasteiger partial charge on any atom is -0.460 e. The van der Waals surface area contributed by atoms with E-state index in [-0.39, 0.29) is 18.2 Å². The zero-order valence-corrected chi connectivity index (χ0v) is 9.04. The largest absolute Gasteiger partial charge is 0.460 e. The van der Waals surface area contributed by atoms with E-state index in [0.29, 0.717) is 0 Å². The van der Waals surface area contributed by atoms with Gasteiger partial charge in [-0.3, -0.25) is 0 Å². The Kier molecular flexibility index (Phi) is 2.23. The van der Waals surface area contributed by atoms with Gasteiger partial charge < -0.3 is 9.47 Å². The molecule has 0 aromatic carbocycles. The fraction of sp³-hybridized carbons (Fsp3) is 0.917. The molecule has 1 saturated heterocycles. The molecule has 0 N–H and O–H groups in total. The van der Waals surface area contributed by atoms with Crippen LogP contribution in [-0.4, -0.2) is 23.8 Å². The number of carbonyl (C=O) groups excluding carboxylic acids is 1. The molecule has 0 bridgehead atoms. The molecule has 15 heavy (non-hydrogen) atoms. The Morgan fingerprint density at radius 1 is 1.13 bits per heavy atom. The van der Waals surface area contributed by atoms with Crippen molar-refractivity contribution >= 4 is 5.97 Å². The van der Waals surface area contributed by atoms with Gasteiger partial charge in [-0.2, -0.15) is 0 Å². The van der Waals surface area contributed by atoms with Crippen molar-refractivity contribution in [3.63, 3.8) is 0 Å². The molecule has 0 spiro atoms. The Morgan fingerprint density at radius 3 is 2.60 bits per heavy atom. The molecule has 1 heterocycles. The van der Waals surface area contributed by atoms with E-state index in [4.69, 9.17) is 9.47 Å². The van der Waals surface area contributed by atoms with Gasteiger partial charge in [0.05, 0.1) is 6.10 Å². The lowest BCUT2D eigenvalue weighted by Gasteiger charge is -2.18. The number of epoxide rings is 1. The summed E-state index contributed by atoms with van der Waals surface area (Å²) in [5.74, 6) is -0.0703. The summed E-state index contributed by atoms with van der Waals surface area (Å²) < 4.78 is 11.1. The van der Waals surface area contributed by atoms with Crippen molar-refractivity contribution in [2.24, 2.45) is 0 Å². The van der Waals surface area contributed by atoms with Gasteiger partial charge in [0.15, 0.2) is 5.60 Å². The number of rotatable bonds is 2. The predicted molar refractivity (Wildman–Crippen MR) is 54.4 cm³/mol. The number of hydrogen-bond donors (Lipinski definition) is 0. The molecular formula is C12H18O3. The molecule has 3 aliphatic rings. The van der Waals surface area contributed by atoms with Gasteiger partial charge in [0.2, 0.25) is 0 Å². The van der Waals surface area contributed by atoms with Gasteiger partial charge in [0, 0.05) is 0 Å². The Labute approximate surface area is 90.1 Å². The van der Waals surface area contributed by atoms with E-state index in [9.17, 15) is 4.79 Å². The molecule has 3 rings (SSSR count). The van der Waals surface area contributed by atoms with E-state index in [1.165, 1.54) is 19.3 Å². The van der Waals surface area contributed by atoms with Crippen LogP contribution in [0.5, 0.6) is 0 Å². The summed E-state index contributed by atoms with van der Waals surface area (Å²) in [5.41, 5.74) is -0.499. The molecule has 2 unspecified atom stereocenters. The van der Waals surface area contributed by atoms with E-state index in [0.717, 1.165) is 32.1 Å². The van der Waals surface area contributed by atoms with Gasteiger partial charge in [0.25, 0.3) is 0 Å². The van der Waals surface area contributed by atoms with Gasteiger partial charge in [0.1, 0.15) is 6.10 Å². The van der Waals surface area contributed by atoms with Crippen molar-refractivity contribution in [3.8, 4) is 0 Å². The Bertz CT molecular complexity index is 270. The maximum atomic E-state index is 12.0. The third kappa shape index (κ3) is 1.57. The highest BCUT2D eigenvalue weighted by atomic mass is 16.7. The molecule has 0 aromatic heterocycles. The van der Waals surface area contributed by atoms with Crippen LogP contribution in [0.4, 0.5) is 0 Å². The average Bonchev–Trinajstić information content (AvgIpc) is 2.81. The van der Waals surface area contributed by atoms with Crippen molar-refractivity contribution in [2.45, 2.75) is 69.2 Å². The van der Waals surface area contributed by atoms with Crippen LogP contribution in [0, 0.1) is 0 Å². The number of esters is 1. The minimum absolute atomic E-state index is 0.0703. The van der Waals surface area contributed by atoms with Crippen LogP contribution in [0.2, 0.25) is 0 Å². The second-order valence-electron chi connectivity index (χ2n) is 5.05. The standard InChI is InChI=1S/C12H18O3/c13-11(14-9-5-1-2-6-9)12-8-4-3-7-10(12)15-12/h9-10H,1-8H2. The van der Waals surface area contributed by atoms with Crippen molar-refractivity contribution in [2.75, 3.05) is 0 Å². The van der Waals surface area contributed by atoms with Crippen LogP contribution in [0.15, 0.2) is 0 Å². The first-order valence-electron chi connectivity index (χ1n) is 6.20. The third-order valence-corrected chi connectivity index (χ3v) is 4.00. The highest BCUT2D eigenvalue weighted by Gasteiger charge is 2.64. The molecule has 3 fully saturated rings. The average molecular weight is 210 g/mol. The van der Waals surface area contributed by atoms with E-state index in [1.807, 2.05) is 0 Å². The molecule has 2 atom stereocenters. The van der Waals surface area contributed by atoms with Crippen LogP contribution in [0.1, 0.15) is 51.4 Å². The van der Waals surface area contributed by atoms with Crippen LogP contribution in [-0.2, 0) is 14.3 Å². The molecule has 0 radical (unpaired) electrons. The van der Waals surface area contributed by atoms with Gasteiger partial charge in [-0.15, -0.1) is 0 Å². The number of carbonyl (C=O) groups is 1. The van der Waals surface area contributed by atoms with Gasteiger partial charge in [-0.05, 0) is 44.9 Å². The maximum Gasteiger partial charge on any atom is 0.341 e. The first kappa shape index (κ1) is 9.64. The number of fused-ring (bicyclic) bond motifs is 1. The van der Waals surface area contributed by atoms with E-state index >= 15 is 0 Å². The third-order valence-electron chi connectivity index (χ3n) is 4.00. The van der Waals surface area contributed by atoms with Gasteiger partial charge >= 0.3 is 5.97 Å². The fourth-order valence-electron chi connectivity index (χ4n) is 2.99. The van der Waals surface area contributed by atoms with E-state index in [2.05, 4.69) is 0 Å². The van der Waals surface area contributed by atoms with Crippen LogP contribution < -0.4 is 0 Å². The van der Waals surface area contributed by atoms with Crippen molar-refractivity contribution in [1.82, 2.24) is 0 Å². The molecular weight excluding hydrogens is 192 g/mol. The Hall–Kier alpha value is -0.570. The minimum atomic E-state index is -0.499. The van der Waals surface area contributed by atoms with Crippen LogP contribution in [0.3, 0.4) is 0 Å². The molecule has 2 saturated carbocycles. The smallest absolute Gasteiger partial charge is 0.341 e. The summed E-state index contributed by atoms with van der Waals surface area (Å²) >= 11 is 0. The molecule has 1 aliphatic heterocycles. The van der Waals surface area contributed by atoms with E-state index in [1.54, 1.807) is 0 Å². The summed E-state index contributed by atoms with van der Waals surface area (Å²) in [6.07, 6.45) is 9.09. The predicted octanol–water partition coefficient (Wildman–Crippen LogP) is 2.18. The maximum absolute atomic E-state index is 12.0. The second kappa shape index (κ2) is 3.48. The lowest BCUT2D eigenvalue weighted by atomic mass is 9.89. The van der Waals surface area contributed by atoms with Crippen molar-refractivity contribution in [1.29, 1.82) is 0 Å². The summed E-state index contributed by atoms with van der Waals surface area (Å²) in [5, 5.41) is 0. The summed E-state index contributed by atoms with van der Waals surface area (Å²) in [6.45, 7) is 0. The van der Waals surface area contributed by atoms with E-state index < -0.39 is 5.60 Å². The SMILES string of the molecule is O=C(OC1CCCC1)C12CCCCC1O2. The zero-order chi connectivity index (χ0) is 10.3. The zero-order valence-electron chi connectivity index (χ0n) is 9.04. The molecule has 3 heteroatoms. The second-order valence-corrected chi connectivity index (χ2v) is 5.05. The number of hydrogen-bond acceptors (Lipinski definition) is 3. The summed E-state index contributed by atoms with van der Waals surface area (Å²) in [4.78, 5) is 12.0. The first-order chi connectivity index (χ1) is 7.31. The number of ether oxygens (including phenoxy) is 2. The van der Waals surface area contributed by atoms with Crippen LogP contribution in [0.25, 0.3) is 0 Å². The summed E-state index contributed by atoms with van der Waals surface area (Å²) in [7, 11) is 0. The normalized spacial score (nSPS) is 39.9.